The molecule has 1 aromatic rings. The van der Waals surface area contributed by atoms with E-state index in [1.807, 2.05) is 0 Å². The van der Waals surface area contributed by atoms with Crippen LogP contribution in [-0.2, 0) is 6.54 Å². The van der Waals surface area contributed by atoms with E-state index in [1.165, 1.54) is 11.1 Å². The summed E-state index contributed by atoms with van der Waals surface area (Å²) in [6.45, 7) is 8.59. The van der Waals surface area contributed by atoms with Crippen molar-refractivity contribution in [1.29, 1.82) is 0 Å². The lowest BCUT2D eigenvalue weighted by Gasteiger charge is -2.06. The van der Waals surface area contributed by atoms with E-state index in [0.717, 1.165) is 13.1 Å². The van der Waals surface area contributed by atoms with Crippen molar-refractivity contribution in [3.8, 4) is 0 Å². The quantitative estimate of drug-likeness (QED) is 0.745. The van der Waals surface area contributed by atoms with Crippen molar-refractivity contribution >= 4 is 0 Å². The van der Waals surface area contributed by atoms with Crippen LogP contribution >= 0.6 is 0 Å². The summed E-state index contributed by atoms with van der Waals surface area (Å²) in [5.41, 5.74) is 2.78. The lowest BCUT2D eigenvalue weighted by Crippen LogP contribution is -2.11. The Morgan fingerprint density at radius 2 is 1.77 bits per heavy atom. The maximum absolute atomic E-state index is 3.31. The molecule has 0 unspecified atom stereocenters. The third kappa shape index (κ3) is 3.19. The fraction of sp³-hybridized carbons (Fsp3) is 0.500. The zero-order chi connectivity index (χ0) is 9.68. The summed E-state index contributed by atoms with van der Waals surface area (Å²) in [7, 11) is 0. The van der Waals surface area contributed by atoms with Crippen LogP contribution in [-0.4, -0.2) is 6.54 Å². The number of nitrogens with one attached hydrogen (secondary N) is 1. The molecule has 1 heteroatoms. The summed E-state index contributed by atoms with van der Waals surface area (Å²) < 4.78 is 0. The molecule has 0 fully saturated rings. The van der Waals surface area contributed by atoms with Gasteiger partial charge in [0.25, 0.3) is 0 Å². The van der Waals surface area contributed by atoms with Crippen molar-refractivity contribution < 1.29 is 0 Å². The Morgan fingerprint density at radius 1 is 1.15 bits per heavy atom. The van der Waals surface area contributed by atoms with Crippen molar-refractivity contribution in [1.82, 2.24) is 5.32 Å². The second-order valence-electron chi connectivity index (χ2n) is 3.68. The molecule has 0 aliphatic heterocycles. The molecule has 1 nitrogen and oxygen atoms in total. The van der Waals surface area contributed by atoms with Gasteiger partial charge in [0, 0.05) is 6.54 Å². The summed E-state index contributed by atoms with van der Waals surface area (Å²) in [4.78, 5) is 0. The third-order valence-corrected chi connectivity index (χ3v) is 2.23. The third-order valence-electron chi connectivity index (χ3n) is 2.23. The van der Waals surface area contributed by atoms with E-state index in [0.29, 0.717) is 5.92 Å². The van der Waals surface area contributed by atoms with Crippen molar-refractivity contribution in [2.24, 2.45) is 0 Å². The molecule has 1 aromatic carbocycles. The molecule has 0 amide bonds. The number of hydrogen-bond donors (Lipinski definition) is 1. The Hall–Kier alpha value is -0.820. The van der Waals surface area contributed by atoms with Crippen LogP contribution in [0.5, 0.6) is 0 Å². The molecule has 0 heterocycles. The normalized spacial score (nSPS) is 10.8. The summed E-state index contributed by atoms with van der Waals surface area (Å²) >= 11 is 0. The average Bonchev–Trinajstić information content (AvgIpc) is 2.15. The zero-order valence-electron chi connectivity index (χ0n) is 8.80. The van der Waals surface area contributed by atoms with Gasteiger partial charge in [0.05, 0.1) is 0 Å². The standard InChI is InChI=1S/C12H19N/c1-4-13-9-11-5-7-12(8-6-11)10(2)3/h5-8,10,13H,4,9H2,1-3H3. The van der Waals surface area contributed by atoms with Gasteiger partial charge in [-0.25, -0.2) is 0 Å². The lowest BCUT2D eigenvalue weighted by atomic mass is 10.0. The second kappa shape index (κ2) is 5.03. The molecule has 13 heavy (non-hydrogen) atoms. The zero-order valence-corrected chi connectivity index (χ0v) is 8.80. The molecule has 0 spiro atoms. The van der Waals surface area contributed by atoms with Crippen molar-refractivity contribution in [2.45, 2.75) is 33.2 Å². The van der Waals surface area contributed by atoms with Gasteiger partial charge in [-0.3, -0.25) is 0 Å². The van der Waals surface area contributed by atoms with E-state index in [2.05, 4.69) is 50.4 Å². The fourth-order valence-corrected chi connectivity index (χ4v) is 1.29. The van der Waals surface area contributed by atoms with Gasteiger partial charge in [0.15, 0.2) is 0 Å². The molecule has 1 rings (SSSR count). The Balaban J connectivity index is 2.59. The largest absolute Gasteiger partial charge is 0.313 e. The Morgan fingerprint density at radius 3 is 2.23 bits per heavy atom. The van der Waals surface area contributed by atoms with Gasteiger partial charge in [-0.1, -0.05) is 45.0 Å². The van der Waals surface area contributed by atoms with Crippen LogP contribution in [0.3, 0.4) is 0 Å². The molecule has 0 bridgehead atoms. The molecular weight excluding hydrogens is 158 g/mol. The van der Waals surface area contributed by atoms with E-state index < -0.39 is 0 Å². The van der Waals surface area contributed by atoms with Crippen molar-refractivity contribution in [3.63, 3.8) is 0 Å². The van der Waals surface area contributed by atoms with Gasteiger partial charge in [-0.2, -0.15) is 0 Å². The Bertz CT molecular complexity index is 236. The van der Waals surface area contributed by atoms with Gasteiger partial charge in [0.2, 0.25) is 0 Å². The van der Waals surface area contributed by atoms with E-state index in [-0.39, 0.29) is 0 Å². The smallest absolute Gasteiger partial charge is 0.0205 e. The first kappa shape index (κ1) is 10.3. The first-order valence-electron chi connectivity index (χ1n) is 5.03. The van der Waals surface area contributed by atoms with Crippen LogP contribution in [0.25, 0.3) is 0 Å². The molecule has 0 radical (unpaired) electrons. The minimum absolute atomic E-state index is 0.633. The van der Waals surface area contributed by atoms with Crippen LogP contribution in [0, 0.1) is 0 Å². The van der Waals surface area contributed by atoms with Crippen molar-refractivity contribution in [3.05, 3.63) is 35.4 Å². The minimum Gasteiger partial charge on any atom is -0.313 e. The van der Waals surface area contributed by atoms with E-state index in [9.17, 15) is 0 Å². The lowest BCUT2D eigenvalue weighted by molar-refractivity contribution is 0.726. The molecule has 0 saturated heterocycles. The topological polar surface area (TPSA) is 12.0 Å². The second-order valence-corrected chi connectivity index (χ2v) is 3.68. The predicted octanol–water partition coefficient (Wildman–Crippen LogP) is 2.92. The average molecular weight is 177 g/mol. The predicted molar refractivity (Wildman–Crippen MR) is 57.9 cm³/mol. The van der Waals surface area contributed by atoms with E-state index >= 15 is 0 Å². The Kier molecular flexibility index (Phi) is 3.97. The molecule has 0 atom stereocenters. The number of hydrogen-bond acceptors (Lipinski definition) is 1. The highest BCUT2D eigenvalue weighted by molar-refractivity contribution is 5.24. The molecular formula is C12H19N. The van der Waals surface area contributed by atoms with Gasteiger partial charge >= 0.3 is 0 Å². The summed E-state index contributed by atoms with van der Waals surface area (Å²) in [6.07, 6.45) is 0. The first-order valence-corrected chi connectivity index (χ1v) is 5.03. The summed E-state index contributed by atoms with van der Waals surface area (Å²) in [5, 5.41) is 3.31. The van der Waals surface area contributed by atoms with Crippen LogP contribution in [0.4, 0.5) is 0 Å². The summed E-state index contributed by atoms with van der Waals surface area (Å²) in [5.74, 6) is 0.633. The minimum atomic E-state index is 0.633. The van der Waals surface area contributed by atoms with Gasteiger partial charge in [-0.15, -0.1) is 0 Å². The summed E-state index contributed by atoms with van der Waals surface area (Å²) in [6, 6.07) is 8.85. The Labute approximate surface area is 81.2 Å². The first-order chi connectivity index (χ1) is 6.24. The van der Waals surface area contributed by atoms with Gasteiger partial charge in [-0.05, 0) is 23.6 Å². The highest BCUT2D eigenvalue weighted by atomic mass is 14.8. The molecule has 0 aliphatic rings. The highest BCUT2D eigenvalue weighted by Crippen LogP contribution is 2.14. The maximum atomic E-state index is 3.31. The van der Waals surface area contributed by atoms with Crippen LogP contribution in [0.2, 0.25) is 0 Å². The van der Waals surface area contributed by atoms with Gasteiger partial charge < -0.3 is 5.32 Å². The molecule has 0 aliphatic carbocycles. The highest BCUT2D eigenvalue weighted by Gasteiger charge is 1.97. The SMILES string of the molecule is CCNCc1ccc(C(C)C)cc1. The van der Waals surface area contributed by atoms with E-state index in [4.69, 9.17) is 0 Å². The molecule has 0 aromatic heterocycles. The molecule has 1 N–H and O–H groups in total. The van der Waals surface area contributed by atoms with Crippen molar-refractivity contribution in [2.75, 3.05) is 6.54 Å². The van der Waals surface area contributed by atoms with E-state index in [1.54, 1.807) is 0 Å². The molecule has 0 saturated carbocycles. The number of rotatable bonds is 4. The maximum Gasteiger partial charge on any atom is 0.0205 e. The monoisotopic (exact) mass is 177 g/mol. The van der Waals surface area contributed by atoms with Gasteiger partial charge in [0.1, 0.15) is 0 Å². The van der Waals surface area contributed by atoms with Crippen LogP contribution in [0.1, 0.15) is 37.8 Å². The fourth-order valence-electron chi connectivity index (χ4n) is 1.29. The van der Waals surface area contributed by atoms with Crippen LogP contribution in [0.15, 0.2) is 24.3 Å². The number of benzene rings is 1. The van der Waals surface area contributed by atoms with Crippen LogP contribution < -0.4 is 5.32 Å². The molecule has 72 valence electrons.